The molecule has 1 amide bonds. The topological polar surface area (TPSA) is 81.5 Å². The lowest BCUT2D eigenvalue weighted by atomic mass is 9.95. The molecule has 1 atom stereocenters. The zero-order chi connectivity index (χ0) is 18.6. The van der Waals surface area contributed by atoms with E-state index in [1.54, 1.807) is 18.2 Å². The number of methoxy groups -OCH3 is 1. The minimum atomic E-state index is -0.798. The van der Waals surface area contributed by atoms with Crippen LogP contribution in [0.5, 0.6) is 0 Å². The van der Waals surface area contributed by atoms with E-state index in [0.29, 0.717) is 5.02 Å². The molecule has 0 heterocycles. The van der Waals surface area contributed by atoms with Gasteiger partial charge in [-0.1, -0.05) is 35.3 Å². The first-order valence-electron chi connectivity index (χ1n) is 7.30. The van der Waals surface area contributed by atoms with E-state index < -0.39 is 16.4 Å². The molecule has 0 aromatic heterocycles. The van der Waals surface area contributed by atoms with Gasteiger partial charge in [-0.3, -0.25) is 14.9 Å². The number of halogens is 2. The first-order valence-corrected chi connectivity index (χ1v) is 8.06. The highest BCUT2D eigenvalue weighted by atomic mass is 35.5. The van der Waals surface area contributed by atoms with E-state index >= 15 is 0 Å². The molecule has 0 aliphatic heterocycles. The van der Waals surface area contributed by atoms with Crippen molar-refractivity contribution in [1.82, 2.24) is 5.32 Å². The van der Waals surface area contributed by atoms with Crippen molar-refractivity contribution >= 4 is 34.8 Å². The molecule has 1 N–H and O–H groups in total. The Balaban J connectivity index is 2.16. The number of carbonyl (C=O) groups excluding carboxylic acids is 1. The van der Waals surface area contributed by atoms with Crippen molar-refractivity contribution in [2.75, 3.05) is 13.7 Å². The Hall–Kier alpha value is -2.15. The van der Waals surface area contributed by atoms with Crippen molar-refractivity contribution in [3.63, 3.8) is 0 Å². The second-order valence-corrected chi connectivity index (χ2v) is 6.39. The highest BCUT2D eigenvalue weighted by molar-refractivity contribution is 6.34. The van der Waals surface area contributed by atoms with E-state index in [0.717, 1.165) is 11.6 Å². The first-order chi connectivity index (χ1) is 11.8. The zero-order valence-electron chi connectivity index (χ0n) is 13.6. The number of nitro benzene ring substituents is 1. The molecule has 2 aromatic carbocycles. The van der Waals surface area contributed by atoms with Gasteiger partial charge >= 0.3 is 0 Å². The summed E-state index contributed by atoms with van der Waals surface area (Å²) in [6, 6.07) is 10.8. The third-order valence-electron chi connectivity index (χ3n) is 3.88. The average Bonchev–Trinajstić information content (AvgIpc) is 2.59. The Morgan fingerprint density at radius 3 is 2.56 bits per heavy atom. The summed E-state index contributed by atoms with van der Waals surface area (Å²) in [7, 11) is 1.53. The average molecular weight is 383 g/mol. The lowest BCUT2D eigenvalue weighted by Crippen LogP contribution is -2.40. The Morgan fingerprint density at radius 2 is 2.00 bits per heavy atom. The molecule has 1 unspecified atom stereocenters. The van der Waals surface area contributed by atoms with Gasteiger partial charge in [0.05, 0.1) is 22.1 Å². The molecule has 0 fully saturated rings. The smallest absolute Gasteiger partial charge is 0.270 e. The van der Waals surface area contributed by atoms with Crippen LogP contribution in [-0.4, -0.2) is 24.5 Å². The van der Waals surface area contributed by atoms with E-state index in [9.17, 15) is 14.9 Å². The summed E-state index contributed by atoms with van der Waals surface area (Å²) in [5.41, 5.74) is -0.0232. The van der Waals surface area contributed by atoms with Crippen molar-refractivity contribution in [2.24, 2.45) is 0 Å². The lowest BCUT2D eigenvalue weighted by Gasteiger charge is -2.29. The highest BCUT2D eigenvalue weighted by Crippen LogP contribution is 2.27. The van der Waals surface area contributed by atoms with Crippen LogP contribution in [0, 0.1) is 10.1 Å². The third-order valence-corrected chi connectivity index (χ3v) is 4.43. The van der Waals surface area contributed by atoms with Crippen LogP contribution in [0.2, 0.25) is 10.0 Å². The Bertz CT molecular complexity index is 813. The van der Waals surface area contributed by atoms with Gasteiger partial charge in [0.1, 0.15) is 5.60 Å². The lowest BCUT2D eigenvalue weighted by molar-refractivity contribution is -0.384. The standard InChI is InChI=1S/C17H16Cl2N2O4/c1-17(25-2,11-4-3-5-12(18)8-11)10-20-16(22)14-7-6-13(21(23)24)9-15(14)19/h3-9H,10H2,1-2H3,(H,20,22). The summed E-state index contributed by atoms with van der Waals surface area (Å²) >= 11 is 12.0. The maximum Gasteiger partial charge on any atom is 0.270 e. The van der Waals surface area contributed by atoms with Gasteiger partial charge in [0, 0.05) is 24.3 Å². The van der Waals surface area contributed by atoms with E-state index in [4.69, 9.17) is 27.9 Å². The molecule has 0 bridgehead atoms. The van der Waals surface area contributed by atoms with E-state index in [1.165, 1.54) is 19.2 Å². The number of hydrogen-bond donors (Lipinski definition) is 1. The van der Waals surface area contributed by atoms with Gasteiger partial charge in [-0.15, -0.1) is 0 Å². The van der Waals surface area contributed by atoms with Crippen molar-refractivity contribution in [3.8, 4) is 0 Å². The van der Waals surface area contributed by atoms with E-state index in [2.05, 4.69) is 5.32 Å². The molecule has 2 aromatic rings. The summed E-state index contributed by atoms with van der Waals surface area (Å²) < 4.78 is 5.55. The first kappa shape index (κ1) is 19.2. The predicted octanol–water partition coefficient (Wildman–Crippen LogP) is 4.19. The van der Waals surface area contributed by atoms with Crippen LogP contribution >= 0.6 is 23.2 Å². The summed E-state index contributed by atoms with van der Waals surface area (Å²) in [6.45, 7) is 1.98. The summed E-state index contributed by atoms with van der Waals surface area (Å²) in [5.74, 6) is -0.454. The fourth-order valence-corrected chi connectivity index (χ4v) is 2.71. The second-order valence-electron chi connectivity index (χ2n) is 5.55. The van der Waals surface area contributed by atoms with E-state index in [-0.39, 0.29) is 22.8 Å². The molecule has 25 heavy (non-hydrogen) atoms. The molecule has 2 rings (SSSR count). The van der Waals surface area contributed by atoms with Crippen molar-refractivity contribution in [3.05, 3.63) is 73.8 Å². The molecule has 0 saturated heterocycles. The molecule has 0 saturated carbocycles. The summed E-state index contributed by atoms with van der Waals surface area (Å²) in [4.78, 5) is 22.5. The Morgan fingerprint density at radius 1 is 1.28 bits per heavy atom. The number of non-ortho nitro benzene ring substituents is 1. The van der Waals surface area contributed by atoms with Crippen LogP contribution in [0.1, 0.15) is 22.8 Å². The zero-order valence-corrected chi connectivity index (χ0v) is 15.1. The van der Waals surface area contributed by atoms with Gasteiger partial charge in [0.2, 0.25) is 0 Å². The molecule has 0 spiro atoms. The maximum atomic E-state index is 12.4. The number of amides is 1. The number of nitrogens with zero attached hydrogens (tertiary/aromatic N) is 1. The highest BCUT2D eigenvalue weighted by Gasteiger charge is 2.28. The van der Waals surface area contributed by atoms with Gasteiger partial charge in [-0.2, -0.15) is 0 Å². The number of nitro groups is 1. The van der Waals surface area contributed by atoms with Crippen LogP contribution in [0.4, 0.5) is 5.69 Å². The van der Waals surface area contributed by atoms with E-state index in [1.807, 2.05) is 13.0 Å². The quantitative estimate of drug-likeness (QED) is 0.599. The number of nitrogens with one attached hydrogen (secondary N) is 1. The molecule has 6 nitrogen and oxygen atoms in total. The summed E-state index contributed by atoms with van der Waals surface area (Å²) in [6.07, 6.45) is 0. The van der Waals surface area contributed by atoms with Crippen molar-refractivity contribution in [2.45, 2.75) is 12.5 Å². The Labute approximate surface area is 154 Å². The fourth-order valence-electron chi connectivity index (χ4n) is 2.26. The largest absolute Gasteiger partial charge is 0.372 e. The van der Waals surface area contributed by atoms with Crippen LogP contribution in [0.15, 0.2) is 42.5 Å². The molecule has 0 aliphatic carbocycles. The van der Waals surface area contributed by atoms with Gasteiger partial charge in [-0.05, 0) is 30.7 Å². The van der Waals surface area contributed by atoms with Crippen molar-refractivity contribution < 1.29 is 14.5 Å². The number of ether oxygens (including phenoxy) is 1. The minimum Gasteiger partial charge on any atom is -0.372 e. The van der Waals surface area contributed by atoms with Gasteiger partial charge < -0.3 is 10.1 Å². The number of hydrogen-bond acceptors (Lipinski definition) is 4. The Kier molecular flexibility index (Phi) is 6.00. The fraction of sp³-hybridized carbons (Fsp3) is 0.235. The van der Waals surface area contributed by atoms with Crippen LogP contribution < -0.4 is 5.32 Å². The molecular formula is C17H16Cl2N2O4. The van der Waals surface area contributed by atoms with Gasteiger partial charge in [0.15, 0.2) is 0 Å². The molecule has 8 heteroatoms. The SMILES string of the molecule is COC(C)(CNC(=O)c1ccc([N+](=O)[O-])cc1Cl)c1cccc(Cl)c1. The number of benzene rings is 2. The number of rotatable bonds is 6. The molecule has 0 aliphatic rings. The van der Waals surface area contributed by atoms with Gasteiger partial charge in [-0.25, -0.2) is 0 Å². The molecule has 0 radical (unpaired) electrons. The van der Waals surface area contributed by atoms with Crippen molar-refractivity contribution in [1.29, 1.82) is 0 Å². The predicted molar refractivity (Wildman–Crippen MR) is 96.3 cm³/mol. The van der Waals surface area contributed by atoms with Crippen LogP contribution in [0.3, 0.4) is 0 Å². The normalized spacial score (nSPS) is 13.1. The third kappa shape index (κ3) is 4.48. The number of carbonyl (C=O) groups is 1. The van der Waals surface area contributed by atoms with Gasteiger partial charge in [0.25, 0.3) is 11.6 Å². The maximum absolute atomic E-state index is 12.4. The second kappa shape index (κ2) is 7.82. The molecule has 132 valence electrons. The molecular weight excluding hydrogens is 367 g/mol. The minimum absolute atomic E-state index is 0.00794. The van der Waals surface area contributed by atoms with Crippen LogP contribution in [0.25, 0.3) is 0 Å². The van der Waals surface area contributed by atoms with Crippen LogP contribution in [-0.2, 0) is 10.3 Å². The monoisotopic (exact) mass is 382 g/mol. The summed E-state index contributed by atoms with van der Waals surface area (Å²) in [5, 5.41) is 14.0.